The van der Waals surface area contributed by atoms with E-state index in [-0.39, 0.29) is 0 Å². The van der Waals surface area contributed by atoms with Gasteiger partial charge < -0.3 is 9.21 Å². The molecule has 0 aliphatic rings. The molecule has 0 radical (unpaired) electrons. The van der Waals surface area contributed by atoms with E-state index in [1.165, 1.54) is 0 Å². The van der Waals surface area contributed by atoms with E-state index in [1.807, 2.05) is 13.0 Å². The van der Waals surface area contributed by atoms with E-state index in [4.69, 9.17) is 4.42 Å². The molecule has 78 valence electrons. The first-order valence-corrected chi connectivity index (χ1v) is 5.80. The highest BCUT2D eigenvalue weighted by atomic mass is 32.2. The lowest BCUT2D eigenvalue weighted by atomic mass is 10.2. The molecule has 0 bridgehead atoms. The number of rotatable bonds is 6. The summed E-state index contributed by atoms with van der Waals surface area (Å²) in [6.07, 6.45) is 5.52. The van der Waals surface area contributed by atoms with E-state index in [2.05, 4.69) is 6.92 Å². The molecule has 0 saturated heterocycles. The number of furan rings is 1. The smallest absolute Gasteiger partial charge is 0.121 e. The van der Waals surface area contributed by atoms with Crippen molar-refractivity contribution >= 4 is 18.0 Å². The predicted molar refractivity (Wildman–Crippen MR) is 58.7 cm³/mol. The maximum atomic E-state index is 10.5. The second-order valence-electron chi connectivity index (χ2n) is 3.27. The summed E-state index contributed by atoms with van der Waals surface area (Å²) in [6, 6.07) is 1.97. The first-order chi connectivity index (χ1) is 6.77. The van der Waals surface area contributed by atoms with Crippen LogP contribution in [0.3, 0.4) is 0 Å². The maximum Gasteiger partial charge on any atom is 0.121 e. The quantitative estimate of drug-likeness (QED) is 0.534. The van der Waals surface area contributed by atoms with Gasteiger partial charge in [-0.15, -0.1) is 11.8 Å². The van der Waals surface area contributed by atoms with E-state index < -0.39 is 0 Å². The van der Waals surface area contributed by atoms with Crippen molar-refractivity contribution in [3.63, 3.8) is 0 Å². The lowest BCUT2D eigenvalue weighted by molar-refractivity contribution is -0.107. The highest BCUT2D eigenvalue weighted by molar-refractivity contribution is 8.00. The van der Waals surface area contributed by atoms with E-state index in [0.29, 0.717) is 11.7 Å². The van der Waals surface area contributed by atoms with Crippen LogP contribution in [-0.2, 0) is 4.79 Å². The van der Waals surface area contributed by atoms with Crippen molar-refractivity contribution in [3.8, 4) is 0 Å². The van der Waals surface area contributed by atoms with Crippen LogP contribution in [0.1, 0.15) is 31.9 Å². The lowest BCUT2D eigenvalue weighted by Crippen LogP contribution is -2.02. The van der Waals surface area contributed by atoms with Crippen molar-refractivity contribution in [1.82, 2.24) is 0 Å². The third-order valence-corrected chi connectivity index (χ3v) is 3.51. The third-order valence-electron chi connectivity index (χ3n) is 2.07. The Morgan fingerprint density at radius 3 is 2.93 bits per heavy atom. The average molecular weight is 212 g/mol. The Hall–Kier alpha value is -0.700. The summed E-state index contributed by atoms with van der Waals surface area (Å²) in [5, 5.41) is 0.397. The van der Waals surface area contributed by atoms with Crippen LogP contribution >= 0.6 is 11.8 Å². The number of aldehydes is 1. The Bertz CT molecular complexity index is 281. The van der Waals surface area contributed by atoms with Gasteiger partial charge in [-0.3, -0.25) is 0 Å². The molecule has 0 N–H and O–H groups in total. The Morgan fingerprint density at radius 2 is 2.43 bits per heavy atom. The van der Waals surface area contributed by atoms with Gasteiger partial charge in [-0.25, -0.2) is 0 Å². The van der Waals surface area contributed by atoms with Gasteiger partial charge in [-0.2, -0.15) is 0 Å². The fourth-order valence-electron chi connectivity index (χ4n) is 1.33. The van der Waals surface area contributed by atoms with Gasteiger partial charge in [0.1, 0.15) is 12.0 Å². The van der Waals surface area contributed by atoms with Crippen molar-refractivity contribution in [2.75, 3.05) is 0 Å². The molecule has 3 heteroatoms. The number of aryl methyl sites for hydroxylation is 1. The van der Waals surface area contributed by atoms with Crippen molar-refractivity contribution in [2.45, 2.75) is 43.3 Å². The van der Waals surface area contributed by atoms with Gasteiger partial charge in [0.2, 0.25) is 0 Å². The molecule has 0 aliphatic heterocycles. The summed E-state index contributed by atoms with van der Waals surface area (Å²) in [4.78, 5) is 11.6. The van der Waals surface area contributed by atoms with Gasteiger partial charge >= 0.3 is 0 Å². The van der Waals surface area contributed by atoms with Gasteiger partial charge in [0.05, 0.1) is 6.26 Å². The molecule has 0 amide bonds. The van der Waals surface area contributed by atoms with E-state index in [0.717, 1.165) is 29.8 Å². The Kier molecular flexibility index (Phi) is 4.80. The molecular weight excluding hydrogens is 196 g/mol. The zero-order valence-electron chi connectivity index (χ0n) is 8.66. The van der Waals surface area contributed by atoms with E-state index >= 15 is 0 Å². The first-order valence-electron chi connectivity index (χ1n) is 4.92. The largest absolute Gasteiger partial charge is 0.468 e. The number of carbonyl (C=O) groups excluding carboxylic acids is 1. The van der Waals surface area contributed by atoms with Crippen LogP contribution in [0.2, 0.25) is 0 Å². The van der Waals surface area contributed by atoms with E-state index in [1.54, 1.807) is 18.0 Å². The standard InChI is InChI=1S/C11H16O2S/c1-3-4-10(5-7-12)14-11-6-8-13-9(11)2/h6-8,10H,3-5H2,1-2H3. The van der Waals surface area contributed by atoms with Crippen LogP contribution in [0, 0.1) is 6.92 Å². The van der Waals surface area contributed by atoms with Crippen LogP contribution in [-0.4, -0.2) is 11.5 Å². The van der Waals surface area contributed by atoms with Crippen molar-refractivity contribution < 1.29 is 9.21 Å². The minimum Gasteiger partial charge on any atom is -0.468 e. The molecule has 0 saturated carbocycles. The van der Waals surface area contributed by atoms with Gasteiger partial charge in [-0.05, 0) is 19.4 Å². The van der Waals surface area contributed by atoms with Gasteiger partial charge in [0.25, 0.3) is 0 Å². The summed E-state index contributed by atoms with van der Waals surface area (Å²) in [5.74, 6) is 0.946. The molecule has 1 heterocycles. The summed E-state index contributed by atoms with van der Waals surface area (Å²) >= 11 is 1.75. The predicted octanol–water partition coefficient (Wildman–Crippen LogP) is 3.44. The molecule has 1 aromatic rings. The van der Waals surface area contributed by atoms with Crippen LogP contribution in [0.5, 0.6) is 0 Å². The number of carbonyl (C=O) groups is 1. The molecule has 0 aromatic carbocycles. The van der Waals surface area contributed by atoms with Crippen molar-refractivity contribution in [2.24, 2.45) is 0 Å². The van der Waals surface area contributed by atoms with Crippen molar-refractivity contribution in [1.29, 1.82) is 0 Å². The summed E-state index contributed by atoms with van der Waals surface area (Å²) in [7, 11) is 0. The molecule has 0 aliphatic carbocycles. The second-order valence-corrected chi connectivity index (χ2v) is 4.61. The summed E-state index contributed by atoms with van der Waals surface area (Å²) in [5.41, 5.74) is 0. The molecule has 2 nitrogen and oxygen atoms in total. The Morgan fingerprint density at radius 1 is 1.64 bits per heavy atom. The zero-order chi connectivity index (χ0) is 10.4. The fraction of sp³-hybridized carbons (Fsp3) is 0.545. The van der Waals surface area contributed by atoms with Gasteiger partial charge in [0, 0.05) is 16.6 Å². The minimum absolute atomic E-state index is 0.397. The monoisotopic (exact) mass is 212 g/mol. The molecule has 0 spiro atoms. The molecule has 14 heavy (non-hydrogen) atoms. The number of hydrogen-bond donors (Lipinski definition) is 0. The van der Waals surface area contributed by atoms with Crippen LogP contribution < -0.4 is 0 Å². The molecule has 1 aromatic heterocycles. The molecule has 1 unspecified atom stereocenters. The van der Waals surface area contributed by atoms with Crippen LogP contribution in [0.25, 0.3) is 0 Å². The average Bonchev–Trinajstić information content (AvgIpc) is 2.53. The Labute approximate surface area is 89.1 Å². The highest BCUT2D eigenvalue weighted by Crippen LogP contribution is 2.30. The maximum absolute atomic E-state index is 10.5. The Balaban J connectivity index is 2.54. The molecular formula is C11H16O2S. The highest BCUT2D eigenvalue weighted by Gasteiger charge is 2.11. The first kappa shape index (κ1) is 11.4. The van der Waals surface area contributed by atoms with Gasteiger partial charge in [0.15, 0.2) is 0 Å². The molecule has 0 fully saturated rings. The SMILES string of the molecule is CCCC(CC=O)Sc1ccoc1C. The normalized spacial score (nSPS) is 12.7. The van der Waals surface area contributed by atoms with Crippen molar-refractivity contribution in [3.05, 3.63) is 18.1 Å². The molecule has 1 rings (SSSR count). The third kappa shape index (κ3) is 3.22. The lowest BCUT2D eigenvalue weighted by Gasteiger charge is -2.11. The number of hydrogen-bond acceptors (Lipinski definition) is 3. The minimum atomic E-state index is 0.397. The van der Waals surface area contributed by atoms with E-state index in [9.17, 15) is 4.79 Å². The molecule has 1 atom stereocenters. The number of thioether (sulfide) groups is 1. The second kappa shape index (κ2) is 5.91. The summed E-state index contributed by atoms with van der Waals surface area (Å²) < 4.78 is 5.21. The van der Waals surface area contributed by atoms with Gasteiger partial charge in [-0.1, -0.05) is 13.3 Å². The fourth-order valence-corrected chi connectivity index (χ4v) is 2.56. The van der Waals surface area contributed by atoms with Crippen LogP contribution in [0.4, 0.5) is 0 Å². The summed E-state index contributed by atoms with van der Waals surface area (Å²) in [6.45, 7) is 4.09. The van der Waals surface area contributed by atoms with Crippen LogP contribution in [0.15, 0.2) is 21.6 Å². The topological polar surface area (TPSA) is 30.2 Å². The zero-order valence-corrected chi connectivity index (χ0v) is 9.47.